The minimum Gasteiger partial charge on any atom is -0.508 e. The van der Waals surface area contributed by atoms with Crippen LogP contribution in [-0.4, -0.2) is 64.5 Å². The molecule has 3 atom stereocenters. The van der Waals surface area contributed by atoms with E-state index in [0.29, 0.717) is 5.56 Å². The van der Waals surface area contributed by atoms with E-state index in [1.165, 1.54) is 24.3 Å². The number of nitrogens with one attached hydrogen (secondary N) is 3. The quantitative estimate of drug-likeness (QED) is 0.179. The fourth-order valence-electron chi connectivity index (χ4n) is 2.90. The number of phenols is 1. The maximum Gasteiger partial charge on any atom is 0.326 e. The molecule has 0 aliphatic heterocycles. The Morgan fingerprint density at radius 3 is 2.09 bits per heavy atom. The Hall–Kier alpha value is -3.67. The molecule has 0 saturated heterocycles. The largest absolute Gasteiger partial charge is 0.508 e. The smallest absolute Gasteiger partial charge is 0.326 e. The molecule has 1 rings (SSSR count). The predicted molar refractivity (Wildman–Crippen MR) is 118 cm³/mol. The van der Waals surface area contributed by atoms with Gasteiger partial charge in [-0.25, -0.2) is 4.79 Å². The summed E-state index contributed by atoms with van der Waals surface area (Å²) in [5.74, 6) is -4.16. The topological polar surface area (TPSA) is 214 Å². The van der Waals surface area contributed by atoms with Crippen molar-refractivity contribution in [2.24, 2.45) is 17.4 Å². The summed E-state index contributed by atoms with van der Waals surface area (Å²) in [6, 6.07) is 2.37. The van der Waals surface area contributed by atoms with Gasteiger partial charge in [0.1, 0.15) is 17.8 Å². The van der Waals surface area contributed by atoms with E-state index in [1.807, 2.05) is 13.8 Å². The summed E-state index contributed by atoms with van der Waals surface area (Å²) in [6.07, 6.45) is -0.195. The molecule has 0 saturated carbocycles. The fourth-order valence-corrected chi connectivity index (χ4v) is 2.90. The number of hydrogen-bond donors (Lipinski definition) is 7. The molecule has 0 fully saturated rings. The molecule has 33 heavy (non-hydrogen) atoms. The lowest BCUT2D eigenvalue weighted by molar-refractivity contribution is -0.142. The monoisotopic (exact) mass is 465 g/mol. The van der Waals surface area contributed by atoms with Crippen LogP contribution in [0.15, 0.2) is 24.3 Å². The van der Waals surface area contributed by atoms with E-state index >= 15 is 0 Å². The van der Waals surface area contributed by atoms with Crippen LogP contribution in [0.3, 0.4) is 0 Å². The molecular formula is C21H31N5O7. The van der Waals surface area contributed by atoms with Crippen LogP contribution in [0, 0.1) is 5.92 Å². The summed E-state index contributed by atoms with van der Waals surface area (Å²) >= 11 is 0. The first-order valence-electron chi connectivity index (χ1n) is 10.3. The molecule has 0 bridgehead atoms. The van der Waals surface area contributed by atoms with Crippen LogP contribution in [0.1, 0.15) is 32.3 Å². The van der Waals surface area contributed by atoms with Gasteiger partial charge in [0.15, 0.2) is 0 Å². The standard InChI is InChI=1S/C21H31N5O7/c1-11(2)7-15(25-18(29)10-24-19(30)14(22)9-17(23)28)20(31)26-16(21(32)33)8-12-3-5-13(27)6-4-12/h3-6,11,14-16,27H,7-10,22H2,1-2H3,(H2,23,28)(H,24,30)(H,25,29)(H,26,31)(H,32,33). The van der Waals surface area contributed by atoms with E-state index in [1.54, 1.807) is 0 Å². The third-order valence-corrected chi connectivity index (χ3v) is 4.53. The maximum absolute atomic E-state index is 12.8. The zero-order chi connectivity index (χ0) is 25.1. The van der Waals surface area contributed by atoms with Crippen LogP contribution in [0.25, 0.3) is 0 Å². The van der Waals surface area contributed by atoms with Gasteiger partial charge in [0.25, 0.3) is 0 Å². The van der Waals surface area contributed by atoms with Gasteiger partial charge in [0.05, 0.1) is 19.0 Å². The summed E-state index contributed by atoms with van der Waals surface area (Å²) in [7, 11) is 0. The summed E-state index contributed by atoms with van der Waals surface area (Å²) in [5.41, 5.74) is 11.1. The molecule has 12 nitrogen and oxygen atoms in total. The Labute approximate surface area is 191 Å². The van der Waals surface area contributed by atoms with Crippen molar-refractivity contribution >= 4 is 29.6 Å². The summed E-state index contributed by atoms with van der Waals surface area (Å²) in [4.78, 5) is 59.3. The zero-order valence-corrected chi connectivity index (χ0v) is 18.5. The number of amides is 4. The van der Waals surface area contributed by atoms with Gasteiger partial charge in [-0.05, 0) is 30.0 Å². The van der Waals surface area contributed by atoms with Crippen LogP contribution in [-0.2, 0) is 30.4 Å². The molecule has 0 radical (unpaired) electrons. The Balaban J connectivity index is 2.76. The second-order valence-corrected chi connectivity index (χ2v) is 8.01. The second-order valence-electron chi connectivity index (χ2n) is 8.01. The number of carboxylic acid groups (broad SMARTS) is 1. The number of primary amides is 1. The van der Waals surface area contributed by atoms with Crippen molar-refractivity contribution in [1.29, 1.82) is 0 Å². The first kappa shape index (κ1) is 27.4. The van der Waals surface area contributed by atoms with Crippen molar-refractivity contribution in [3.63, 3.8) is 0 Å². The van der Waals surface area contributed by atoms with Gasteiger partial charge in [0, 0.05) is 6.42 Å². The van der Waals surface area contributed by atoms with Gasteiger partial charge in [-0.3, -0.25) is 19.2 Å². The Morgan fingerprint density at radius 2 is 1.58 bits per heavy atom. The average molecular weight is 466 g/mol. The minimum atomic E-state index is -1.26. The van der Waals surface area contributed by atoms with E-state index in [2.05, 4.69) is 16.0 Å². The van der Waals surface area contributed by atoms with Gasteiger partial charge in [0.2, 0.25) is 23.6 Å². The Morgan fingerprint density at radius 1 is 0.970 bits per heavy atom. The van der Waals surface area contributed by atoms with Crippen LogP contribution in [0.2, 0.25) is 0 Å². The van der Waals surface area contributed by atoms with E-state index in [4.69, 9.17) is 11.5 Å². The predicted octanol–water partition coefficient (Wildman–Crippen LogP) is -1.65. The third kappa shape index (κ3) is 10.5. The highest BCUT2D eigenvalue weighted by molar-refractivity contribution is 5.93. The van der Waals surface area contributed by atoms with E-state index in [0.717, 1.165) is 0 Å². The van der Waals surface area contributed by atoms with Crippen LogP contribution < -0.4 is 27.4 Å². The minimum absolute atomic E-state index is 0.0139. The summed E-state index contributed by atoms with van der Waals surface area (Å²) < 4.78 is 0. The zero-order valence-electron chi connectivity index (χ0n) is 18.5. The number of carboxylic acids is 1. The van der Waals surface area contributed by atoms with Crippen LogP contribution >= 0.6 is 0 Å². The lowest BCUT2D eigenvalue weighted by Gasteiger charge is -2.23. The van der Waals surface area contributed by atoms with Crippen LogP contribution in [0.5, 0.6) is 5.75 Å². The summed E-state index contributed by atoms with van der Waals surface area (Å²) in [5, 5.41) is 26.0. The fraction of sp³-hybridized carbons (Fsp3) is 0.476. The van der Waals surface area contributed by atoms with E-state index in [9.17, 15) is 34.2 Å². The molecule has 0 aliphatic rings. The molecule has 9 N–H and O–H groups in total. The van der Waals surface area contributed by atoms with Crippen molar-refractivity contribution in [3.8, 4) is 5.75 Å². The van der Waals surface area contributed by atoms with Crippen molar-refractivity contribution < 1.29 is 34.2 Å². The average Bonchev–Trinajstić information content (AvgIpc) is 2.71. The van der Waals surface area contributed by atoms with E-state index < -0.39 is 54.3 Å². The van der Waals surface area contributed by atoms with Gasteiger partial charge in [-0.2, -0.15) is 0 Å². The number of rotatable bonds is 13. The van der Waals surface area contributed by atoms with Crippen molar-refractivity contribution in [2.45, 2.75) is 51.2 Å². The highest BCUT2D eigenvalue weighted by atomic mass is 16.4. The van der Waals surface area contributed by atoms with Gasteiger partial charge in [-0.15, -0.1) is 0 Å². The summed E-state index contributed by atoms with van der Waals surface area (Å²) in [6.45, 7) is 3.15. The first-order chi connectivity index (χ1) is 15.4. The van der Waals surface area contributed by atoms with Gasteiger partial charge < -0.3 is 37.6 Å². The molecule has 1 aromatic rings. The third-order valence-electron chi connectivity index (χ3n) is 4.53. The second kappa shape index (κ2) is 13.0. The Bertz CT molecular complexity index is 857. The lowest BCUT2D eigenvalue weighted by Crippen LogP contribution is -2.54. The normalized spacial score (nSPS) is 13.5. The number of nitrogens with two attached hydrogens (primary N) is 2. The molecule has 0 heterocycles. The molecule has 1 aromatic carbocycles. The lowest BCUT2D eigenvalue weighted by atomic mass is 10.0. The number of aliphatic carboxylic acids is 1. The number of phenolic OH excluding ortho intramolecular Hbond substituents is 1. The van der Waals surface area contributed by atoms with Gasteiger partial charge in [-0.1, -0.05) is 26.0 Å². The van der Waals surface area contributed by atoms with Crippen LogP contribution in [0.4, 0.5) is 0 Å². The van der Waals surface area contributed by atoms with Crippen molar-refractivity contribution in [1.82, 2.24) is 16.0 Å². The number of carbonyl (C=O) groups excluding carboxylic acids is 4. The Kier molecular flexibility index (Phi) is 10.8. The number of hydrogen-bond acceptors (Lipinski definition) is 7. The highest BCUT2D eigenvalue weighted by Gasteiger charge is 2.27. The SMILES string of the molecule is CC(C)CC(NC(=O)CNC(=O)C(N)CC(N)=O)C(=O)NC(Cc1ccc(O)cc1)C(=O)O. The molecule has 0 aromatic heterocycles. The van der Waals surface area contributed by atoms with E-state index in [-0.39, 0.29) is 30.9 Å². The highest BCUT2D eigenvalue weighted by Crippen LogP contribution is 2.12. The van der Waals surface area contributed by atoms with Crippen molar-refractivity contribution in [2.75, 3.05) is 6.54 Å². The molecule has 12 heteroatoms. The molecule has 0 spiro atoms. The molecule has 182 valence electrons. The van der Waals surface area contributed by atoms with Crippen molar-refractivity contribution in [3.05, 3.63) is 29.8 Å². The molecule has 3 unspecified atom stereocenters. The number of aromatic hydroxyl groups is 1. The molecule has 4 amide bonds. The number of carbonyl (C=O) groups is 5. The first-order valence-corrected chi connectivity index (χ1v) is 10.3. The maximum atomic E-state index is 12.8. The van der Waals surface area contributed by atoms with Gasteiger partial charge >= 0.3 is 5.97 Å². The number of benzene rings is 1. The molecular weight excluding hydrogens is 434 g/mol. The molecule has 0 aliphatic carbocycles.